The number of hydrogen-bond acceptors (Lipinski definition) is 6. The minimum atomic E-state index is -1.36. The van der Waals surface area contributed by atoms with Crippen LogP contribution < -0.4 is 27.4 Å². The Morgan fingerprint density at radius 1 is 0.919 bits per heavy atom. The molecule has 0 aliphatic carbocycles. The second kappa shape index (κ2) is 13.4. The van der Waals surface area contributed by atoms with E-state index < -0.39 is 53.8 Å². The number of amides is 4. The van der Waals surface area contributed by atoms with Crippen molar-refractivity contribution in [2.45, 2.75) is 70.6 Å². The summed E-state index contributed by atoms with van der Waals surface area (Å²) in [7, 11) is 0. The molecule has 0 bridgehead atoms. The summed E-state index contributed by atoms with van der Waals surface area (Å²) in [5.41, 5.74) is 12.4. The van der Waals surface area contributed by atoms with E-state index in [9.17, 15) is 29.1 Å². The number of rotatable bonds is 14. The number of carbonyl (C=O) groups is 5. The van der Waals surface area contributed by atoms with Crippen LogP contribution in [0.3, 0.4) is 0 Å². The highest BCUT2D eigenvalue weighted by atomic mass is 16.4. The monoisotopic (exact) mass is 516 g/mol. The molecule has 1 heterocycles. The Labute approximate surface area is 214 Å². The van der Waals surface area contributed by atoms with Crippen molar-refractivity contribution < 1.29 is 29.1 Å². The molecule has 0 aliphatic rings. The third-order valence-electron chi connectivity index (χ3n) is 5.78. The van der Waals surface area contributed by atoms with Crippen LogP contribution in [0.5, 0.6) is 0 Å². The summed E-state index contributed by atoms with van der Waals surface area (Å²) < 4.78 is 0. The van der Waals surface area contributed by atoms with Gasteiger partial charge in [0.15, 0.2) is 0 Å². The van der Waals surface area contributed by atoms with E-state index in [2.05, 4.69) is 20.9 Å². The molecular weight excluding hydrogens is 480 g/mol. The second-order valence-corrected chi connectivity index (χ2v) is 9.51. The van der Waals surface area contributed by atoms with E-state index in [0.717, 1.165) is 16.5 Å². The SMILES string of the molecule is CC(C)CC(NC(=O)C(Cc1c[nH]c2ccccc12)NC(=O)C(C)N)C(=O)NC(CCC(N)=O)C(=O)O. The Morgan fingerprint density at radius 2 is 1.51 bits per heavy atom. The van der Waals surface area contributed by atoms with Crippen LogP contribution in [0, 0.1) is 5.92 Å². The number of aliphatic carboxylic acids is 1. The molecule has 2 aromatic rings. The first-order chi connectivity index (χ1) is 17.4. The molecule has 9 N–H and O–H groups in total. The molecule has 0 fully saturated rings. The number of fused-ring (bicyclic) bond motifs is 1. The number of carboxylic acids is 1. The summed E-state index contributed by atoms with van der Waals surface area (Å²) >= 11 is 0. The van der Waals surface area contributed by atoms with Gasteiger partial charge < -0.3 is 37.5 Å². The van der Waals surface area contributed by atoms with Crippen LogP contribution >= 0.6 is 0 Å². The summed E-state index contributed by atoms with van der Waals surface area (Å²) in [6, 6.07) is 3.14. The smallest absolute Gasteiger partial charge is 0.326 e. The quantitative estimate of drug-likeness (QED) is 0.181. The highest BCUT2D eigenvalue weighted by Crippen LogP contribution is 2.19. The molecule has 4 amide bonds. The topological polar surface area (TPSA) is 210 Å². The largest absolute Gasteiger partial charge is 0.480 e. The van der Waals surface area contributed by atoms with Crippen molar-refractivity contribution >= 4 is 40.5 Å². The minimum absolute atomic E-state index is 0.0318. The van der Waals surface area contributed by atoms with E-state index in [1.807, 2.05) is 38.1 Å². The Balaban J connectivity index is 2.25. The number of H-pyrrole nitrogens is 1. The van der Waals surface area contributed by atoms with Gasteiger partial charge in [-0.3, -0.25) is 19.2 Å². The summed E-state index contributed by atoms with van der Waals surface area (Å²) in [6.45, 7) is 5.17. The number of carboxylic acid groups (broad SMARTS) is 1. The minimum Gasteiger partial charge on any atom is -0.480 e. The van der Waals surface area contributed by atoms with Gasteiger partial charge in [0, 0.05) is 29.9 Å². The maximum absolute atomic E-state index is 13.4. The Bertz CT molecular complexity index is 1130. The molecule has 4 unspecified atom stereocenters. The highest BCUT2D eigenvalue weighted by molar-refractivity contribution is 5.95. The van der Waals surface area contributed by atoms with Crippen molar-refractivity contribution in [2.75, 3.05) is 0 Å². The lowest BCUT2D eigenvalue weighted by molar-refractivity contribution is -0.142. The predicted molar refractivity (Wildman–Crippen MR) is 137 cm³/mol. The first-order valence-electron chi connectivity index (χ1n) is 12.1. The van der Waals surface area contributed by atoms with Crippen LogP contribution in [-0.2, 0) is 30.4 Å². The van der Waals surface area contributed by atoms with Crippen molar-refractivity contribution in [1.29, 1.82) is 0 Å². The predicted octanol–water partition coefficient (Wildman–Crippen LogP) is -0.0918. The number of aromatic amines is 1. The van der Waals surface area contributed by atoms with E-state index >= 15 is 0 Å². The molecule has 37 heavy (non-hydrogen) atoms. The van der Waals surface area contributed by atoms with Gasteiger partial charge in [-0.15, -0.1) is 0 Å². The summed E-state index contributed by atoms with van der Waals surface area (Å²) in [5, 5.41) is 18.0. The van der Waals surface area contributed by atoms with Crippen LogP contribution in [-0.4, -0.2) is 63.9 Å². The molecule has 1 aromatic heterocycles. The summed E-state index contributed by atoms with van der Waals surface area (Å²) in [4.78, 5) is 64.5. The van der Waals surface area contributed by atoms with Gasteiger partial charge in [-0.25, -0.2) is 4.79 Å². The maximum Gasteiger partial charge on any atom is 0.326 e. The fourth-order valence-electron chi connectivity index (χ4n) is 3.82. The van der Waals surface area contributed by atoms with Crippen molar-refractivity contribution in [3.05, 3.63) is 36.0 Å². The zero-order valence-corrected chi connectivity index (χ0v) is 21.2. The number of para-hydroxylation sites is 1. The number of nitrogens with two attached hydrogens (primary N) is 2. The van der Waals surface area contributed by atoms with Crippen LogP contribution in [0.15, 0.2) is 30.5 Å². The van der Waals surface area contributed by atoms with E-state index in [1.54, 1.807) is 6.20 Å². The van der Waals surface area contributed by atoms with Gasteiger partial charge in [-0.1, -0.05) is 32.0 Å². The normalized spacial score (nSPS) is 14.4. The number of carbonyl (C=O) groups excluding carboxylic acids is 4. The molecule has 4 atom stereocenters. The molecule has 0 saturated heterocycles. The van der Waals surface area contributed by atoms with Gasteiger partial charge in [0.1, 0.15) is 18.1 Å². The first kappa shape index (κ1) is 29.3. The molecular formula is C25H36N6O6. The fraction of sp³-hybridized carbons (Fsp3) is 0.480. The molecule has 0 spiro atoms. The van der Waals surface area contributed by atoms with Crippen molar-refractivity contribution in [3.63, 3.8) is 0 Å². The summed E-state index contributed by atoms with van der Waals surface area (Å²) in [5.74, 6) is -3.94. The average Bonchev–Trinajstić information content (AvgIpc) is 3.22. The number of aromatic nitrogens is 1. The van der Waals surface area contributed by atoms with Crippen LogP contribution in [0.2, 0.25) is 0 Å². The molecule has 0 saturated carbocycles. The van der Waals surface area contributed by atoms with Gasteiger partial charge in [0.25, 0.3) is 0 Å². The second-order valence-electron chi connectivity index (χ2n) is 9.51. The van der Waals surface area contributed by atoms with E-state index in [1.165, 1.54) is 6.92 Å². The zero-order chi connectivity index (χ0) is 27.7. The summed E-state index contributed by atoms with van der Waals surface area (Å²) in [6.07, 6.45) is 1.67. The molecule has 1 aromatic carbocycles. The number of nitrogens with one attached hydrogen (secondary N) is 4. The molecule has 2 rings (SSSR count). The van der Waals surface area contributed by atoms with Crippen LogP contribution in [0.1, 0.15) is 45.6 Å². The molecule has 0 radical (unpaired) electrons. The lowest BCUT2D eigenvalue weighted by Gasteiger charge is -2.26. The van der Waals surface area contributed by atoms with Crippen LogP contribution in [0.25, 0.3) is 10.9 Å². The molecule has 0 aliphatic heterocycles. The zero-order valence-electron chi connectivity index (χ0n) is 21.2. The highest BCUT2D eigenvalue weighted by Gasteiger charge is 2.31. The standard InChI is InChI=1S/C25H36N6O6/c1-13(2)10-19(23(34)29-18(25(36)37)8-9-21(27)32)31-24(35)20(30-22(33)14(3)26)11-15-12-28-17-7-5-4-6-16(15)17/h4-7,12-14,18-20,28H,8-11,26H2,1-3H3,(H2,27,32)(H,29,34)(H,30,33)(H,31,35)(H,36,37). The van der Waals surface area contributed by atoms with E-state index in [0.29, 0.717) is 0 Å². The maximum atomic E-state index is 13.4. The lowest BCUT2D eigenvalue weighted by Crippen LogP contribution is -2.57. The molecule has 202 valence electrons. The Hall–Kier alpha value is -3.93. The molecule has 12 nitrogen and oxygen atoms in total. The van der Waals surface area contributed by atoms with Crippen LogP contribution in [0.4, 0.5) is 0 Å². The van der Waals surface area contributed by atoms with E-state index in [4.69, 9.17) is 11.5 Å². The van der Waals surface area contributed by atoms with Gasteiger partial charge in [-0.05, 0) is 37.3 Å². The number of hydrogen-bond donors (Lipinski definition) is 7. The third-order valence-corrected chi connectivity index (χ3v) is 5.78. The van der Waals surface area contributed by atoms with Gasteiger partial charge >= 0.3 is 5.97 Å². The van der Waals surface area contributed by atoms with Crippen molar-refractivity contribution in [1.82, 2.24) is 20.9 Å². The fourth-order valence-corrected chi connectivity index (χ4v) is 3.82. The van der Waals surface area contributed by atoms with Gasteiger partial charge in [0.05, 0.1) is 6.04 Å². The van der Waals surface area contributed by atoms with Crippen molar-refractivity contribution in [2.24, 2.45) is 17.4 Å². The van der Waals surface area contributed by atoms with Crippen molar-refractivity contribution in [3.8, 4) is 0 Å². The average molecular weight is 517 g/mol. The van der Waals surface area contributed by atoms with Gasteiger partial charge in [-0.2, -0.15) is 0 Å². The number of benzene rings is 1. The molecule has 12 heteroatoms. The Kier molecular flexibility index (Phi) is 10.6. The number of primary amides is 1. The lowest BCUT2D eigenvalue weighted by atomic mass is 10.00. The first-order valence-corrected chi connectivity index (χ1v) is 12.1. The third kappa shape index (κ3) is 8.90. The van der Waals surface area contributed by atoms with Gasteiger partial charge in [0.2, 0.25) is 23.6 Å². The Morgan fingerprint density at radius 3 is 2.11 bits per heavy atom. The van der Waals surface area contributed by atoms with E-state index in [-0.39, 0.29) is 31.6 Å².